The molecule has 120 valence electrons. The van der Waals surface area contributed by atoms with Crippen molar-refractivity contribution in [3.63, 3.8) is 0 Å². The van der Waals surface area contributed by atoms with Gasteiger partial charge < -0.3 is 15.3 Å². The predicted octanol–water partition coefficient (Wildman–Crippen LogP) is 1.84. The van der Waals surface area contributed by atoms with E-state index in [4.69, 9.17) is 15.3 Å². The van der Waals surface area contributed by atoms with Crippen molar-refractivity contribution < 1.29 is 9.66 Å². The normalized spacial score (nSPS) is 9.30. The minimum atomic E-state index is -1.75. The fourth-order valence-electron chi connectivity index (χ4n) is 2.12. The molecule has 20 heavy (non-hydrogen) atoms. The molecule has 7 heteroatoms. The third-order valence-electron chi connectivity index (χ3n) is 3.14. The van der Waals surface area contributed by atoms with Gasteiger partial charge in [0.1, 0.15) is 0 Å². The lowest BCUT2D eigenvalue weighted by Crippen LogP contribution is -2.49. The first-order valence-corrected chi connectivity index (χ1v) is 7.36. The van der Waals surface area contributed by atoms with Crippen molar-refractivity contribution in [2.45, 2.75) is 41.5 Å². The van der Waals surface area contributed by atoms with Crippen LogP contribution in [-0.4, -0.2) is 64.7 Å². The van der Waals surface area contributed by atoms with Crippen LogP contribution in [0, 0.1) is 15.3 Å². The van der Waals surface area contributed by atoms with E-state index in [1.54, 1.807) is 0 Å². The van der Waals surface area contributed by atoms with Crippen molar-refractivity contribution in [1.82, 2.24) is 9.80 Å². The molecule has 0 amide bonds. The van der Waals surface area contributed by atoms with E-state index in [1.807, 2.05) is 0 Å². The maximum absolute atomic E-state index is 8.25. The summed E-state index contributed by atoms with van der Waals surface area (Å²) >= 11 is 0. The lowest BCUT2D eigenvalue weighted by atomic mass is 10.4. The molecule has 0 spiro atoms. The summed E-state index contributed by atoms with van der Waals surface area (Å²) in [7, 11) is 0. The molecule has 0 saturated heterocycles. The van der Waals surface area contributed by atoms with Crippen LogP contribution in [0.2, 0.25) is 0 Å². The van der Waals surface area contributed by atoms with Crippen LogP contribution in [0.4, 0.5) is 0 Å². The van der Waals surface area contributed by atoms with Gasteiger partial charge in [0.15, 0.2) is 0 Å². The molecule has 0 aliphatic rings. The molecule has 0 saturated carbocycles. The fourth-order valence-corrected chi connectivity index (χ4v) is 2.12. The average Bonchev–Trinajstić information content (AvgIpc) is 2.41. The van der Waals surface area contributed by atoms with Crippen molar-refractivity contribution in [2.75, 3.05) is 39.3 Å². The second-order valence-electron chi connectivity index (χ2n) is 4.04. The molecule has 0 rings (SSSR count). The zero-order chi connectivity index (χ0) is 16.1. The van der Waals surface area contributed by atoms with Gasteiger partial charge in [-0.2, -0.15) is 0 Å². The SMILES string of the molecule is CCN(CC)C(N(CC)CC)=[N+](CC)CC.O=[N+]([O-])[O-]. The maximum atomic E-state index is 8.25. The zero-order valence-corrected chi connectivity index (χ0v) is 13.8. The minimum absolute atomic E-state index is 1.08. The Morgan fingerprint density at radius 3 is 1.20 bits per heavy atom. The van der Waals surface area contributed by atoms with Gasteiger partial charge in [-0.25, -0.2) is 0 Å². The Hall–Kier alpha value is -1.53. The molecule has 0 aromatic rings. The van der Waals surface area contributed by atoms with Gasteiger partial charge in [0.2, 0.25) is 0 Å². The molecule has 0 atom stereocenters. The Labute approximate surface area is 122 Å². The van der Waals surface area contributed by atoms with E-state index in [-0.39, 0.29) is 0 Å². The summed E-state index contributed by atoms with van der Waals surface area (Å²) in [6, 6.07) is 0. The number of hydrogen-bond donors (Lipinski definition) is 0. The highest BCUT2D eigenvalue weighted by molar-refractivity contribution is 5.75. The molecule has 0 aromatic heterocycles. The highest BCUT2D eigenvalue weighted by atomic mass is 16.9. The number of rotatable bonds is 6. The minimum Gasteiger partial charge on any atom is -0.356 e. The van der Waals surface area contributed by atoms with Gasteiger partial charge in [0, 0.05) is 0 Å². The summed E-state index contributed by atoms with van der Waals surface area (Å²) in [5.74, 6) is 1.40. The highest BCUT2D eigenvalue weighted by Gasteiger charge is 2.24. The van der Waals surface area contributed by atoms with E-state index >= 15 is 0 Å². The second kappa shape index (κ2) is 12.5. The van der Waals surface area contributed by atoms with Crippen LogP contribution in [0.15, 0.2) is 0 Å². The van der Waals surface area contributed by atoms with E-state index in [9.17, 15) is 0 Å². The molecule has 0 N–H and O–H groups in total. The van der Waals surface area contributed by atoms with Gasteiger partial charge in [-0.1, -0.05) is 0 Å². The van der Waals surface area contributed by atoms with Crippen LogP contribution in [0.25, 0.3) is 0 Å². The zero-order valence-electron chi connectivity index (χ0n) is 13.8. The molecule has 0 heterocycles. The predicted molar refractivity (Wildman–Crippen MR) is 82.6 cm³/mol. The smallest absolute Gasteiger partial charge is 0.350 e. The molecule has 0 aromatic carbocycles. The van der Waals surface area contributed by atoms with E-state index in [0.29, 0.717) is 0 Å². The van der Waals surface area contributed by atoms with Crippen molar-refractivity contribution in [3.05, 3.63) is 15.3 Å². The van der Waals surface area contributed by atoms with E-state index < -0.39 is 5.09 Å². The Morgan fingerprint density at radius 1 is 0.800 bits per heavy atom. The standard InChI is InChI=1S/C13H30N3.NO3/c1-7-14(8-2)13(15(9-3)10-4)16(11-5)12-6;2-1(3)4/h7-12H2,1-6H3;/q+1;-1. The quantitative estimate of drug-likeness (QED) is 0.245. The van der Waals surface area contributed by atoms with Gasteiger partial charge in [-0.3, -0.25) is 14.4 Å². The monoisotopic (exact) mass is 290 g/mol. The molecule has 0 bridgehead atoms. The average molecular weight is 290 g/mol. The molecular weight excluding hydrogens is 260 g/mol. The summed E-state index contributed by atoms with van der Waals surface area (Å²) < 4.78 is 2.46. The maximum Gasteiger partial charge on any atom is 0.350 e. The summed E-state index contributed by atoms with van der Waals surface area (Å²) in [6.07, 6.45) is 0. The largest absolute Gasteiger partial charge is 0.356 e. The lowest BCUT2D eigenvalue weighted by Gasteiger charge is -2.27. The van der Waals surface area contributed by atoms with Gasteiger partial charge in [-0.05, 0) is 41.5 Å². The third kappa shape index (κ3) is 7.81. The van der Waals surface area contributed by atoms with Crippen molar-refractivity contribution in [1.29, 1.82) is 0 Å². The van der Waals surface area contributed by atoms with Gasteiger partial charge in [0.25, 0.3) is 0 Å². The van der Waals surface area contributed by atoms with Gasteiger partial charge in [-0.15, -0.1) is 0 Å². The van der Waals surface area contributed by atoms with Crippen LogP contribution in [0.1, 0.15) is 41.5 Å². The van der Waals surface area contributed by atoms with Crippen LogP contribution < -0.4 is 0 Å². The summed E-state index contributed by atoms with van der Waals surface area (Å²) in [5.41, 5.74) is 0. The Bertz CT molecular complexity index is 263. The van der Waals surface area contributed by atoms with E-state index in [2.05, 4.69) is 55.9 Å². The fraction of sp³-hybridized carbons (Fsp3) is 0.923. The first-order chi connectivity index (χ1) is 9.42. The van der Waals surface area contributed by atoms with Crippen LogP contribution in [0.5, 0.6) is 0 Å². The first kappa shape index (κ1) is 20.8. The van der Waals surface area contributed by atoms with Crippen LogP contribution >= 0.6 is 0 Å². The summed E-state index contributed by atoms with van der Waals surface area (Å²) in [5, 5.41) is 14.8. The molecule has 7 nitrogen and oxygen atoms in total. The molecule has 0 unspecified atom stereocenters. The highest BCUT2D eigenvalue weighted by Crippen LogP contribution is 2.00. The molecular formula is C13H30N4O3. The third-order valence-corrected chi connectivity index (χ3v) is 3.14. The van der Waals surface area contributed by atoms with Crippen molar-refractivity contribution in [3.8, 4) is 0 Å². The molecule has 0 aliphatic carbocycles. The number of nitrogens with zero attached hydrogens (tertiary/aromatic N) is 4. The summed E-state index contributed by atoms with van der Waals surface area (Å²) in [6.45, 7) is 19.9. The van der Waals surface area contributed by atoms with Crippen LogP contribution in [-0.2, 0) is 0 Å². The van der Waals surface area contributed by atoms with Crippen LogP contribution in [0.3, 0.4) is 0 Å². The number of hydrogen-bond acceptors (Lipinski definition) is 3. The Kier molecular flexibility index (Phi) is 13.0. The Morgan fingerprint density at radius 2 is 1.05 bits per heavy atom. The summed E-state index contributed by atoms with van der Waals surface area (Å²) in [4.78, 5) is 13.2. The van der Waals surface area contributed by atoms with E-state index in [1.165, 1.54) is 5.96 Å². The van der Waals surface area contributed by atoms with E-state index in [0.717, 1.165) is 39.3 Å². The molecule has 0 aliphatic heterocycles. The first-order valence-electron chi connectivity index (χ1n) is 7.36. The lowest BCUT2D eigenvalue weighted by molar-refractivity contribution is -0.531. The number of guanidine groups is 1. The molecule has 0 fully saturated rings. The van der Waals surface area contributed by atoms with Gasteiger partial charge in [0.05, 0.1) is 44.4 Å². The van der Waals surface area contributed by atoms with Crippen molar-refractivity contribution >= 4 is 5.96 Å². The topological polar surface area (TPSA) is 75.7 Å². The van der Waals surface area contributed by atoms with Gasteiger partial charge >= 0.3 is 5.96 Å². The molecule has 0 radical (unpaired) electrons. The second-order valence-corrected chi connectivity index (χ2v) is 4.04. The van der Waals surface area contributed by atoms with Crippen molar-refractivity contribution in [2.24, 2.45) is 0 Å². The Balaban J connectivity index is 0.